The Balaban J connectivity index is 1.50. The number of rotatable bonds is 5. The molecule has 0 aliphatic carbocycles. The molecule has 152 valence electrons. The normalized spacial score (nSPS) is 16.8. The Hall–Kier alpha value is -3.13. The molecule has 1 amide bonds. The number of carbonyl (C=O) groups excluding carboxylic acids is 1. The average molecular weight is 420 g/mol. The van der Waals surface area contributed by atoms with Crippen molar-refractivity contribution < 1.29 is 9.21 Å². The average Bonchev–Trinajstić information content (AvgIpc) is 3.46. The van der Waals surface area contributed by atoms with Crippen LogP contribution in [0.4, 0.5) is 0 Å². The third kappa shape index (κ3) is 3.59. The number of carbonyl (C=O) groups is 1. The fraction of sp³-hybridized carbons (Fsp3) is 0.273. The molecule has 0 unspecified atom stereocenters. The number of piperidine rings is 1. The molecule has 1 atom stereocenters. The monoisotopic (exact) mass is 419 g/mol. The van der Waals surface area contributed by atoms with Gasteiger partial charge in [0.2, 0.25) is 0 Å². The molecule has 4 heterocycles. The van der Waals surface area contributed by atoms with Gasteiger partial charge in [-0.2, -0.15) is 0 Å². The number of imidazole rings is 1. The molecule has 1 aromatic carbocycles. The van der Waals surface area contributed by atoms with Gasteiger partial charge < -0.3 is 14.3 Å². The lowest BCUT2D eigenvalue weighted by molar-refractivity contribution is 0.0569. The van der Waals surface area contributed by atoms with Gasteiger partial charge >= 0.3 is 0 Å². The zero-order valence-corrected chi connectivity index (χ0v) is 17.1. The molecule has 5 rings (SSSR count). The number of para-hydroxylation sites is 1. The number of furan rings is 1. The van der Waals surface area contributed by atoms with Crippen LogP contribution in [0.1, 0.15) is 47.2 Å². The number of fused-ring (bicyclic) bond motifs is 1. The molecule has 30 heavy (non-hydrogen) atoms. The summed E-state index contributed by atoms with van der Waals surface area (Å²) < 4.78 is 6.09. The first kappa shape index (κ1) is 18.9. The largest absolute Gasteiger partial charge is 0.451 e. The van der Waals surface area contributed by atoms with Gasteiger partial charge in [0.1, 0.15) is 11.4 Å². The van der Waals surface area contributed by atoms with Gasteiger partial charge in [-0.3, -0.25) is 4.79 Å². The van der Waals surface area contributed by atoms with Crippen molar-refractivity contribution in [1.29, 1.82) is 0 Å². The van der Waals surface area contributed by atoms with Gasteiger partial charge in [0, 0.05) is 48.0 Å². The van der Waals surface area contributed by atoms with Crippen LogP contribution in [0.15, 0.2) is 64.7 Å². The number of aromatic amines is 1. The molecule has 0 spiro atoms. The summed E-state index contributed by atoms with van der Waals surface area (Å²) in [6, 6.07) is 9.51. The van der Waals surface area contributed by atoms with E-state index < -0.39 is 0 Å². The van der Waals surface area contributed by atoms with E-state index in [2.05, 4.69) is 19.9 Å². The number of likely N-dealkylation sites (tertiary alicyclic amines) is 1. The summed E-state index contributed by atoms with van der Waals surface area (Å²) in [6.07, 6.45) is 9.91. The number of benzene rings is 1. The first-order chi connectivity index (χ1) is 14.8. The number of nitrogens with zero attached hydrogens (tertiary/aromatic N) is 4. The topological polar surface area (TPSA) is 87.9 Å². The fourth-order valence-electron chi connectivity index (χ4n) is 3.96. The molecular formula is C22H21N5O2S. The molecular weight excluding hydrogens is 398 g/mol. The smallest absolute Gasteiger partial charge is 0.290 e. The van der Waals surface area contributed by atoms with Gasteiger partial charge in [-0.05, 0) is 31.4 Å². The first-order valence-corrected chi connectivity index (χ1v) is 11.0. The Labute approximate surface area is 177 Å². The number of amides is 1. The lowest BCUT2D eigenvalue weighted by Gasteiger charge is -2.34. The second kappa shape index (κ2) is 8.31. The molecule has 0 saturated carbocycles. The van der Waals surface area contributed by atoms with Gasteiger partial charge in [-0.15, -0.1) is 0 Å². The number of aromatic nitrogens is 4. The van der Waals surface area contributed by atoms with Crippen molar-refractivity contribution in [2.75, 3.05) is 6.54 Å². The summed E-state index contributed by atoms with van der Waals surface area (Å²) in [6.45, 7) is 0.690. The van der Waals surface area contributed by atoms with Crippen LogP contribution >= 0.6 is 11.8 Å². The Kier molecular flexibility index (Phi) is 5.23. The maximum Gasteiger partial charge on any atom is 0.290 e. The summed E-state index contributed by atoms with van der Waals surface area (Å²) in [4.78, 5) is 31.7. The Bertz CT molecular complexity index is 1140. The third-order valence-corrected chi connectivity index (χ3v) is 6.28. The predicted octanol–water partition coefficient (Wildman–Crippen LogP) is 4.61. The van der Waals surface area contributed by atoms with Crippen LogP contribution < -0.4 is 0 Å². The quantitative estimate of drug-likeness (QED) is 0.376. The van der Waals surface area contributed by atoms with Crippen molar-refractivity contribution in [3.8, 4) is 0 Å². The van der Waals surface area contributed by atoms with E-state index in [-0.39, 0.29) is 11.9 Å². The highest BCUT2D eigenvalue weighted by atomic mass is 32.2. The highest BCUT2D eigenvalue weighted by Crippen LogP contribution is 2.35. The van der Waals surface area contributed by atoms with Crippen LogP contribution in [0.2, 0.25) is 0 Å². The molecule has 8 heteroatoms. The summed E-state index contributed by atoms with van der Waals surface area (Å²) in [5.41, 5.74) is 1.61. The summed E-state index contributed by atoms with van der Waals surface area (Å²) >= 11 is 1.50. The van der Waals surface area contributed by atoms with E-state index in [9.17, 15) is 4.79 Å². The van der Waals surface area contributed by atoms with Crippen molar-refractivity contribution in [2.24, 2.45) is 0 Å². The molecule has 0 radical (unpaired) electrons. The van der Waals surface area contributed by atoms with Crippen molar-refractivity contribution in [3.05, 3.63) is 72.3 Å². The number of nitrogens with one attached hydrogen (secondary N) is 1. The van der Waals surface area contributed by atoms with Gasteiger partial charge in [0.15, 0.2) is 10.9 Å². The Morgan fingerprint density at radius 2 is 2.00 bits per heavy atom. The van der Waals surface area contributed by atoms with Crippen LogP contribution in [-0.2, 0) is 5.75 Å². The zero-order chi connectivity index (χ0) is 20.3. The summed E-state index contributed by atoms with van der Waals surface area (Å²) in [5, 5.41) is 1.63. The van der Waals surface area contributed by atoms with Gasteiger partial charge in [-0.1, -0.05) is 30.0 Å². The number of thioether (sulfide) groups is 1. The standard InChI is InChI=1S/C22H21N5O2S/c28-21(27-13-4-3-7-17(27)20-23-11-12-24-20)19-16(14-30-22-25-9-5-10-26-22)15-6-1-2-8-18(15)29-19/h1-2,5-6,8-12,17H,3-4,7,13-14H2,(H,23,24)/t17-/m0/s1. The molecule has 1 saturated heterocycles. The van der Waals surface area contributed by atoms with E-state index in [1.54, 1.807) is 30.9 Å². The van der Waals surface area contributed by atoms with Crippen LogP contribution in [-0.4, -0.2) is 37.3 Å². The maximum absolute atomic E-state index is 13.7. The van der Waals surface area contributed by atoms with Gasteiger partial charge in [0.05, 0.1) is 6.04 Å². The van der Waals surface area contributed by atoms with Crippen LogP contribution in [0.25, 0.3) is 11.0 Å². The maximum atomic E-state index is 13.7. The second-order valence-corrected chi connectivity index (χ2v) is 8.15. The molecule has 1 N–H and O–H groups in total. The van der Waals surface area contributed by atoms with Gasteiger partial charge in [-0.25, -0.2) is 15.0 Å². The van der Waals surface area contributed by atoms with Crippen LogP contribution in [0.3, 0.4) is 0 Å². The summed E-state index contributed by atoms with van der Waals surface area (Å²) in [5.74, 6) is 1.70. The lowest BCUT2D eigenvalue weighted by atomic mass is 10.0. The van der Waals surface area contributed by atoms with Crippen molar-refractivity contribution in [2.45, 2.75) is 36.2 Å². The zero-order valence-electron chi connectivity index (χ0n) is 16.3. The van der Waals surface area contributed by atoms with Crippen LogP contribution in [0, 0.1) is 0 Å². The fourth-order valence-corrected chi connectivity index (χ4v) is 4.79. The van der Waals surface area contributed by atoms with E-state index in [1.807, 2.05) is 29.2 Å². The van der Waals surface area contributed by atoms with Crippen molar-refractivity contribution in [1.82, 2.24) is 24.8 Å². The van der Waals surface area contributed by atoms with E-state index in [4.69, 9.17) is 4.42 Å². The molecule has 4 aromatic rings. The highest BCUT2D eigenvalue weighted by molar-refractivity contribution is 7.98. The SMILES string of the molecule is O=C(c1oc2ccccc2c1CSc1ncccn1)N1CCCC[C@H]1c1ncc[nH]1. The minimum absolute atomic E-state index is 0.0626. The van der Waals surface area contributed by atoms with Crippen molar-refractivity contribution >= 4 is 28.6 Å². The first-order valence-electron chi connectivity index (χ1n) is 10.0. The van der Waals surface area contributed by atoms with E-state index in [0.29, 0.717) is 23.2 Å². The number of hydrogen-bond donors (Lipinski definition) is 1. The minimum Gasteiger partial charge on any atom is -0.451 e. The molecule has 1 aliphatic heterocycles. The Morgan fingerprint density at radius 1 is 1.13 bits per heavy atom. The molecule has 7 nitrogen and oxygen atoms in total. The van der Waals surface area contributed by atoms with E-state index in [0.717, 1.165) is 41.6 Å². The molecule has 1 fully saturated rings. The molecule has 3 aromatic heterocycles. The molecule has 0 bridgehead atoms. The van der Waals surface area contributed by atoms with E-state index >= 15 is 0 Å². The minimum atomic E-state index is -0.0862. The number of H-pyrrole nitrogens is 1. The third-order valence-electron chi connectivity index (χ3n) is 5.38. The molecule has 1 aliphatic rings. The lowest BCUT2D eigenvalue weighted by Crippen LogP contribution is -2.39. The number of hydrogen-bond acceptors (Lipinski definition) is 6. The highest BCUT2D eigenvalue weighted by Gasteiger charge is 2.33. The second-order valence-electron chi connectivity index (χ2n) is 7.21. The van der Waals surface area contributed by atoms with Gasteiger partial charge in [0.25, 0.3) is 5.91 Å². The predicted molar refractivity (Wildman–Crippen MR) is 114 cm³/mol. The summed E-state index contributed by atoms with van der Waals surface area (Å²) in [7, 11) is 0. The van der Waals surface area contributed by atoms with Crippen LogP contribution in [0.5, 0.6) is 0 Å². The van der Waals surface area contributed by atoms with Crippen molar-refractivity contribution in [3.63, 3.8) is 0 Å². The van der Waals surface area contributed by atoms with E-state index in [1.165, 1.54) is 11.8 Å². The Morgan fingerprint density at radius 3 is 2.83 bits per heavy atom.